The van der Waals surface area contributed by atoms with E-state index in [4.69, 9.17) is 21.4 Å². The number of hydrogen-bond acceptors (Lipinski definition) is 3. The van der Waals surface area contributed by atoms with E-state index in [1.165, 1.54) is 6.42 Å². The van der Waals surface area contributed by atoms with Crippen molar-refractivity contribution in [1.29, 1.82) is 0 Å². The molecule has 1 aliphatic carbocycles. The SMILES string of the molecule is CC(CCO)NC(=O)c1ccc(OC2CCC2)cc1Cl. The van der Waals surface area contributed by atoms with Gasteiger partial charge in [-0.1, -0.05) is 11.6 Å². The van der Waals surface area contributed by atoms with E-state index >= 15 is 0 Å². The quantitative estimate of drug-likeness (QED) is 0.849. The summed E-state index contributed by atoms with van der Waals surface area (Å²) in [6, 6.07) is 5.05. The predicted octanol–water partition coefficient (Wildman–Crippen LogP) is 2.77. The first-order chi connectivity index (χ1) is 9.60. The number of hydrogen-bond donors (Lipinski definition) is 2. The van der Waals surface area contributed by atoms with Gasteiger partial charge in [0.25, 0.3) is 5.91 Å². The van der Waals surface area contributed by atoms with E-state index in [0.29, 0.717) is 22.8 Å². The summed E-state index contributed by atoms with van der Waals surface area (Å²) in [5, 5.41) is 12.0. The van der Waals surface area contributed by atoms with Gasteiger partial charge in [0.2, 0.25) is 0 Å². The lowest BCUT2D eigenvalue weighted by molar-refractivity contribution is 0.0934. The number of aliphatic hydroxyl groups excluding tert-OH is 1. The monoisotopic (exact) mass is 297 g/mol. The van der Waals surface area contributed by atoms with Crippen LogP contribution in [0.25, 0.3) is 0 Å². The van der Waals surface area contributed by atoms with E-state index in [9.17, 15) is 4.79 Å². The van der Waals surface area contributed by atoms with Crippen molar-refractivity contribution in [3.05, 3.63) is 28.8 Å². The lowest BCUT2D eigenvalue weighted by Gasteiger charge is -2.26. The Hall–Kier alpha value is -1.26. The van der Waals surface area contributed by atoms with Crippen molar-refractivity contribution < 1.29 is 14.6 Å². The standard InChI is InChI=1S/C15H20ClNO3/c1-10(7-8-18)17-15(19)13-6-5-12(9-14(13)16)20-11-3-2-4-11/h5-6,9-11,18H,2-4,7-8H2,1H3,(H,17,19). The molecule has 110 valence electrons. The van der Waals surface area contributed by atoms with E-state index in [2.05, 4.69) is 5.32 Å². The molecule has 2 rings (SSSR count). The number of ether oxygens (including phenoxy) is 1. The zero-order chi connectivity index (χ0) is 14.5. The van der Waals surface area contributed by atoms with Gasteiger partial charge in [0.1, 0.15) is 5.75 Å². The Kier molecular flexibility index (Phi) is 5.26. The Balaban J connectivity index is 1.98. The zero-order valence-corrected chi connectivity index (χ0v) is 12.3. The number of halogens is 1. The van der Waals surface area contributed by atoms with Crippen LogP contribution in [0.1, 0.15) is 43.0 Å². The highest BCUT2D eigenvalue weighted by molar-refractivity contribution is 6.34. The average molecular weight is 298 g/mol. The van der Waals surface area contributed by atoms with Crippen LogP contribution in [0, 0.1) is 0 Å². The molecule has 1 aliphatic rings. The lowest BCUT2D eigenvalue weighted by Crippen LogP contribution is -2.33. The van der Waals surface area contributed by atoms with E-state index in [-0.39, 0.29) is 24.7 Å². The maximum atomic E-state index is 12.0. The van der Waals surface area contributed by atoms with Crippen LogP contribution in [0.4, 0.5) is 0 Å². The molecule has 0 radical (unpaired) electrons. The second kappa shape index (κ2) is 6.95. The fourth-order valence-corrected chi connectivity index (χ4v) is 2.26. The van der Waals surface area contributed by atoms with Crippen molar-refractivity contribution in [3.63, 3.8) is 0 Å². The molecule has 1 fully saturated rings. The number of benzene rings is 1. The van der Waals surface area contributed by atoms with Gasteiger partial charge >= 0.3 is 0 Å². The summed E-state index contributed by atoms with van der Waals surface area (Å²) in [6.45, 7) is 1.89. The van der Waals surface area contributed by atoms with E-state index in [1.54, 1.807) is 18.2 Å². The third-order valence-electron chi connectivity index (χ3n) is 3.48. The van der Waals surface area contributed by atoms with Crippen LogP contribution in [0.15, 0.2) is 18.2 Å². The molecule has 1 saturated carbocycles. The van der Waals surface area contributed by atoms with Gasteiger partial charge in [0.05, 0.1) is 16.7 Å². The van der Waals surface area contributed by atoms with Crippen molar-refractivity contribution in [2.24, 2.45) is 0 Å². The number of rotatable bonds is 6. The molecule has 4 nitrogen and oxygen atoms in total. The number of amides is 1. The number of nitrogens with one attached hydrogen (secondary N) is 1. The molecule has 5 heteroatoms. The Morgan fingerprint density at radius 1 is 1.55 bits per heavy atom. The molecule has 1 amide bonds. The zero-order valence-electron chi connectivity index (χ0n) is 11.6. The highest BCUT2D eigenvalue weighted by Gasteiger charge is 2.20. The summed E-state index contributed by atoms with van der Waals surface area (Å²) in [7, 11) is 0. The summed E-state index contributed by atoms with van der Waals surface area (Å²) in [4.78, 5) is 12.0. The Morgan fingerprint density at radius 3 is 2.85 bits per heavy atom. The first-order valence-corrected chi connectivity index (χ1v) is 7.36. The minimum atomic E-state index is -0.230. The number of carbonyl (C=O) groups is 1. The van der Waals surface area contributed by atoms with Crippen LogP contribution in [0.5, 0.6) is 5.75 Å². The summed E-state index contributed by atoms with van der Waals surface area (Å²) < 4.78 is 5.74. The molecule has 0 bridgehead atoms. The van der Waals surface area contributed by atoms with Crippen molar-refractivity contribution >= 4 is 17.5 Å². The molecule has 0 heterocycles. The molecule has 20 heavy (non-hydrogen) atoms. The first kappa shape index (κ1) is 15.1. The van der Waals surface area contributed by atoms with Gasteiger partial charge in [0.15, 0.2) is 0 Å². The van der Waals surface area contributed by atoms with Gasteiger partial charge in [-0.25, -0.2) is 0 Å². The fraction of sp³-hybridized carbons (Fsp3) is 0.533. The first-order valence-electron chi connectivity index (χ1n) is 6.98. The molecule has 0 saturated heterocycles. The maximum Gasteiger partial charge on any atom is 0.253 e. The van der Waals surface area contributed by atoms with E-state index in [0.717, 1.165) is 12.8 Å². The molecule has 1 aromatic rings. The average Bonchev–Trinajstić information content (AvgIpc) is 2.34. The number of carbonyl (C=O) groups excluding carboxylic acids is 1. The summed E-state index contributed by atoms with van der Waals surface area (Å²) >= 11 is 6.14. The third-order valence-corrected chi connectivity index (χ3v) is 3.79. The van der Waals surface area contributed by atoms with Crippen molar-refractivity contribution in [2.75, 3.05) is 6.61 Å². The van der Waals surface area contributed by atoms with Gasteiger partial charge in [-0.15, -0.1) is 0 Å². The molecule has 1 unspecified atom stereocenters. The van der Waals surface area contributed by atoms with E-state index < -0.39 is 0 Å². The predicted molar refractivity (Wildman–Crippen MR) is 78.4 cm³/mol. The maximum absolute atomic E-state index is 12.0. The fourth-order valence-electron chi connectivity index (χ4n) is 2.00. The van der Waals surface area contributed by atoms with Crippen molar-refractivity contribution in [1.82, 2.24) is 5.32 Å². The second-order valence-corrected chi connectivity index (χ2v) is 5.61. The molecule has 0 spiro atoms. The molecule has 0 aliphatic heterocycles. The van der Waals surface area contributed by atoms with Crippen LogP contribution in [-0.4, -0.2) is 29.8 Å². The molecular formula is C15H20ClNO3. The van der Waals surface area contributed by atoms with Gasteiger partial charge in [-0.05, 0) is 50.8 Å². The van der Waals surface area contributed by atoms with E-state index in [1.807, 2.05) is 6.92 Å². The molecule has 1 aromatic carbocycles. The van der Waals surface area contributed by atoms with Gasteiger partial charge in [-0.2, -0.15) is 0 Å². The van der Waals surface area contributed by atoms with Crippen LogP contribution in [-0.2, 0) is 0 Å². The third kappa shape index (κ3) is 3.87. The number of aliphatic hydroxyl groups is 1. The Morgan fingerprint density at radius 2 is 2.30 bits per heavy atom. The lowest BCUT2D eigenvalue weighted by atomic mass is 9.96. The molecular weight excluding hydrogens is 278 g/mol. The summed E-state index contributed by atoms with van der Waals surface area (Å²) in [6.07, 6.45) is 4.18. The van der Waals surface area contributed by atoms with Gasteiger partial charge in [0, 0.05) is 12.6 Å². The smallest absolute Gasteiger partial charge is 0.253 e. The van der Waals surface area contributed by atoms with Crippen LogP contribution in [0.2, 0.25) is 5.02 Å². The highest BCUT2D eigenvalue weighted by Crippen LogP contribution is 2.28. The van der Waals surface area contributed by atoms with Gasteiger partial charge in [-0.3, -0.25) is 4.79 Å². The molecule has 0 aromatic heterocycles. The summed E-state index contributed by atoms with van der Waals surface area (Å²) in [5.74, 6) is 0.478. The van der Waals surface area contributed by atoms with Crippen LogP contribution >= 0.6 is 11.6 Å². The normalized spacial score (nSPS) is 16.4. The minimum absolute atomic E-state index is 0.0450. The van der Waals surface area contributed by atoms with Gasteiger partial charge < -0.3 is 15.2 Å². The minimum Gasteiger partial charge on any atom is -0.490 e. The van der Waals surface area contributed by atoms with Crippen molar-refractivity contribution in [2.45, 2.75) is 44.8 Å². The van der Waals surface area contributed by atoms with Crippen molar-refractivity contribution in [3.8, 4) is 5.75 Å². The Labute approximate surface area is 124 Å². The molecule has 1 atom stereocenters. The topological polar surface area (TPSA) is 58.6 Å². The second-order valence-electron chi connectivity index (χ2n) is 5.20. The Bertz CT molecular complexity index is 474. The van der Waals surface area contributed by atoms with Crippen LogP contribution < -0.4 is 10.1 Å². The molecule has 2 N–H and O–H groups in total. The van der Waals surface area contributed by atoms with Crippen LogP contribution in [0.3, 0.4) is 0 Å². The largest absolute Gasteiger partial charge is 0.490 e. The summed E-state index contributed by atoms with van der Waals surface area (Å²) in [5.41, 5.74) is 0.428. The highest BCUT2D eigenvalue weighted by atomic mass is 35.5.